The van der Waals surface area contributed by atoms with E-state index in [9.17, 15) is 42.0 Å². The van der Waals surface area contributed by atoms with Crippen LogP contribution in [0, 0.1) is 81.8 Å². The lowest BCUT2D eigenvalue weighted by atomic mass is 9.98. The minimum atomic E-state index is -2.81. The summed E-state index contributed by atoms with van der Waals surface area (Å²) >= 11 is 5.10. The number of carbonyl (C=O) groups is 7. The Bertz CT molecular complexity index is 1520. The van der Waals surface area contributed by atoms with Gasteiger partial charge < -0.3 is 16.1 Å². The molecule has 420 valence electrons. The van der Waals surface area contributed by atoms with Crippen molar-refractivity contribution in [2.24, 2.45) is 71.0 Å². The molecule has 0 saturated heterocycles. The van der Waals surface area contributed by atoms with Crippen LogP contribution < -0.4 is 5.32 Å². The predicted octanol–water partition coefficient (Wildman–Crippen LogP) is 13.2. The number of rotatable bonds is 24. The van der Waals surface area contributed by atoms with Crippen LogP contribution in [0.4, 0.5) is 0 Å². The summed E-state index contributed by atoms with van der Waals surface area (Å²) in [4.78, 5) is 78.8. The molecule has 14 heteroatoms. The average Bonchev–Trinajstić information content (AvgIpc) is 3.23. The van der Waals surface area contributed by atoms with E-state index in [0.717, 1.165) is 5.71 Å². The highest BCUT2D eigenvalue weighted by Gasteiger charge is 2.20. The molecular weight excluding hydrogens is 935 g/mol. The van der Waals surface area contributed by atoms with Crippen molar-refractivity contribution in [1.82, 2.24) is 5.32 Å². The Morgan fingerprint density at radius 1 is 0.366 bits per heavy atom. The minimum Gasteiger partial charge on any atom is -0.309 e. The van der Waals surface area contributed by atoms with Crippen molar-refractivity contribution in [3.63, 3.8) is 0 Å². The molecule has 12 nitrogen and oxygen atoms in total. The lowest BCUT2D eigenvalue weighted by molar-refractivity contribution is -0.133. The minimum absolute atomic E-state index is 0.0160. The van der Waals surface area contributed by atoms with Crippen LogP contribution in [0.3, 0.4) is 0 Å². The van der Waals surface area contributed by atoms with E-state index in [0.29, 0.717) is 48.3 Å². The largest absolute Gasteiger partial charge is 0.309 e. The molecule has 0 aromatic heterocycles. The fraction of sp³-hybridized carbons (Fsp3) is 0.825. The fourth-order valence-corrected chi connectivity index (χ4v) is 5.80. The van der Waals surface area contributed by atoms with Crippen molar-refractivity contribution in [3.8, 4) is 0 Å². The maximum Gasteiger partial charge on any atom is 0.154 e. The Morgan fingerprint density at radius 3 is 0.775 bits per heavy atom. The summed E-state index contributed by atoms with van der Waals surface area (Å²) in [7, 11) is -2.81. The van der Waals surface area contributed by atoms with Gasteiger partial charge in [0.25, 0.3) is 0 Å². The van der Waals surface area contributed by atoms with E-state index in [2.05, 4.69) is 60.7 Å². The Balaban J connectivity index is -0.000000136. The molecule has 71 heavy (non-hydrogen) atoms. The third-order valence-corrected chi connectivity index (χ3v) is 14.0. The van der Waals surface area contributed by atoms with Crippen molar-refractivity contribution in [3.05, 3.63) is 0 Å². The zero-order valence-corrected chi connectivity index (χ0v) is 52.2. The van der Waals surface area contributed by atoms with Gasteiger partial charge in [-0.2, -0.15) is 0 Å². The smallest absolute Gasteiger partial charge is 0.154 e. The second-order valence-corrected chi connectivity index (χ2v) is 25.9. The zero-order valence-electron chi connectivity index (χ0n) is 50.6. The van der Waals surface area contributed by atoms with Crippen molar-refractivity contribution in [2.75, 3.05) is 13.1 Å². The second kappa shape index (κ2) is 44.5. The molecule has 0 aliphatic carbocycles. The van der Waals surface area contributed by atoms with Crippen molar-refractivity contribution >= 4 is 78.8 Å². The van der Waals surface area contributed by atoms with Gasteiger partial charge >= 0.3 is 0 Å². The molecule has 0 heterocycles. The van der Waals surface area contributed by atoms with Crippen LogP contribution in [0.25, 0.3) is 0 Å². The molecule has 0 aromatic carbocycles. The highest BCUT2D eigenvalue weighted by molar-refractivity contribution is 7.92. The number of hydrogen-bond donors (Lipinski definition) is 3. The van der Waals surface area contributed by atoms with Gasteiger partial charge in [-0.15, -0.1) is 0 Å². The molecule has 0 bridgehead atoms. The van der Waals surface area contributed by atoms with E-state index in [1.807, 2.05) is 83.1 Å². The van der Waals surface area contributed by atoms with Gasteiger partial charge in [-0.3, -0.25) is 33.6 Å². The Kier molecular flexibility index (Phi) is 51.4. The normalized spacial score (nSPS) is 11.1. The number of hydrogen-bond acceptors (Lipinski definition) is 13. The lowest BCUT2D eigenvalue weighted by Crippen LogP contribution is -2.32. The van der Waals surface area contributed by atoms with E-state index in [-0.39, 0.29) is 112 Å². The second-order valence-electron chi connectivity index (χ2n) is 22.3. The molecule has 0 spiro atoms. The van der Waals surface area contributed by atoms with Gasteiger partial charge in [-0.25, -0.2) is 8.42 Å². The van der Waals surface area contributed by atoms with Crippen LogP contribution in [0.2, 0.25) is 0 Å². The maximum absolute atomic E-state index is 11.2. The molecule has 0 radical (unpaired) electrons. The summed E-state index contributed by atoms with van der Waals surface area (Å²) in [5.41, 5.74) is 1.50. The highest BCUT2D eigenvalue weighted by Crippen LogP contribution is 2.09. The first kappa shape index (κ1) is 82.1. The molecule has 0 saturated carbocycles. The average molecular weight is 1050 g/mol. The Hall–Kier alpha value is -2.97. The number of carbonyl (C=O) groups excluding carboxylic acids is 7. The summed E-state index contributed by atoms with van der Waals surface area (Å²) in [5, 5.41) is 17.4. The topological polar surface area (TPSA) is 213 Å². The monoisotopic (exact) mass is 1050 g/mol. The predicted molar refractivity (Wildman–Crippen MR) is 307 cm³/mol. The molecule has 0 atom stereocenters. The van der Waals surface area contributed by atoms with E-state index in [1.165, 1.54) is 4.86 Å². The van der Waals surface area contributed by atoms with Crippen molar-refractivity contribution in [1.29, 1.82) is 10.8 Å². The molecule has 0 aliphatic heterocycles. The van der Waals surface area contributed by atoms with Gasteiger partial charge in [0.1, 0.15) is 40.5 Å². The van der Waals surface area contributed by atoms with Crippen LogP contribution in [-0.4, -0.2) is 88.8 Å². The van der Waals surface area contributed by atoms with E-state index in [4.69, 9.17) is 23.0 Å². The van der Waals surface area contributed by atoms with E-state index in [1.54, 1.807) is 55.4 Å². The van der Waals surface area contributed by atoms with Crippen LogP contribution in [0.1, 0.15) is 213 Å². The van der Waals surface area contributed by atoms with Crippen LogP contribution in [0.5, 0.6) is 0 Å². The van der Waals surface area contributed by atoms with Crippen molar-refractivity contribution < 1.29 is 42.0 Å². The lowest BCUT2D eigenvalue weighted by Gasteiger charge is -2.09. The first-order valence-electron chi connectivity index (χ1n) is 26.1. The Labute approximate surface area is 442 Å². The molecule has 0 unspecified atom stereocenters. The van der Waals surface area contributed by atoms with Gasteiger partial charge in [0.05, 0.1) is 36.3 Å². The molecule has 0 aliphatic rings. The summed E-state index contributed by atoms with van der Waals surface area (Å²) in [5.74, 6) is 2.67. The van der Waals surface area contributed by atoms with Gasteiger partial charge in [-0.1, -0.05) is 178 Å². The number of thiocarbonyl (C=S) groups is 1. The van der Waals surface area contributed by atoms with Gasteiger partial charge in [-0.05, 0) is 62.1 Å². The quantitative estimate of drug-likeness (QED) is 0.0470. The molecule has 0 rings (SSSR count). The van der Waals surface area contributed by atoms with Gasteiger partial charge in [0.2, 0.25) is 0 Å². The van der Waals surface area contributed by atoms with E-state index >= 15 is 0 Å². The first-order valence-corrected chi connectivity index (χ1v) is 28.1. The van der Waals surface area contributed by atoms with E-state index < -0.39 is 9.84 Å². The van der Waals surface area contributed by atoms with Crippen molar-refractivity contribution in [2.45, 2.75) is 224 Å². The summed E-state index contributed by atoms with van der Waals surface area (Å²) in [6.45, 7) is 54.2. The van der Waals surface area contributed by atoms with Crippen LogP contribution >= 0.6 is 12.2 Å². The fourth-order valence-electron chi connectivity index (χ4n) is 4.71. The third kappa shape index (κ3) is 50.4. The molecule has 0 aromatic rings. The maximum atomic E-state index is 11.2. The molecule has 0 amide bonds. The molecule has 3 N–H and O–H groups in total. The zero-order chi connectivity index (χ0) is 58.6. The number of ketones is 7. The number of nitrogens with one attached hydrogen (secondary N) is 3. The van der Waals surface area contributed by atoms with Crippen LogP contribution in [-0.2, 0) is 43.4 Å². The Morgan fingerprint density at radius 2 is 0.634 bits per heavy atom. The number of sulfone groups is 1. The summed E-state index contributed by atoms with van der Waals surface area (Å²) in [6.07, 6.45) is -0.0956. The third-order valence-electron chi connectivity index (χ3n) is 10.5. The van der Waals surface area contributed by atoms with Gasteiger partial charge in [0, 0.05) is 59.4 Å². The van der Waals surface area contributed by atoms with Crippen LogP contribution in [0.15, 0.2) is 0 Å². The van der Waals surface area contributed by atoms with Gasteiger partial charge in [0.15, 0.2) is 9.84 Å². The highest BCUT2D eigenvalue weighted by atomic mass is 32.2. The summed E-state index contributed by atoms with van der Waals surface area (Å²) in [6, 6.07) is 0. The SMILES string of the molecule is CC(C)C(=N)C(C)C.CC(C)C(=N)CNCC(=O)C(C)C.CC(C)C(=O)C(C)C.CC(C)C(=O)CC(=O)C(C)C.CC(C)C(=O)CC(=O)CC(=O)C(C)C.CC(C)C(=S)C(C)C.CC(C)S(=O)(=O)C(C)C. The first-order chi connectivity index (χ1) is 31.8. The molecule has 0 fully saturated rings. The summed E-state index contributed by atoms with van der Waals surface area (Å²) < 4.78 is 22.1. The molecular formula is C57H111N3O9S2. The number of Topliss-reactive ketones (excluding diaryl/α,β-unsaturated/α-hetero) is 7. The standard InChI is InChI=1S/C11H18O3.C10H20N2O.C9H16O2.C7H15N.C7H14O.C7H14S.C6H14O2S/c1-7(2)10(13)5-9(12)6-11(14)8(3)4;1-7(2)9(11)5-12-6-10(13)8(3)4;1-6(2)8(10)5-9(11)7(3)4;3*1-5(2)7(8)6(3)4;1-5(2)9(7,8)6(3)4/h7-8H,5-6H2,1-4H3;7-8,11-12H,5-6H2,1-4H3;6-7H,5H2,1-4H3;5-6,8H,1-4H3;2*5-6H,1-4H3;5-6H,1-4H3.